The Morgan fingerprint density at radius 3 is 2.59 bits per heavy atom. The number of aromatic nitrogens is 2. The molecule has 2 fully saturated rings. The molecule has 27 heavy (non-hydrogen) atoms. The van der Waals surface area contributed by atoms with Crippen LogP contribution in [-0.4, -0.2) is 46.0 Å². The molecule has 144 valence electrons. The van der Waals surface area contributed by atoms with E-state index in [0.29, 0.717) is 29.2 Å². The molecule has 0 radical (unpaired) electrons. The van der Waals surface area contributed by atoms with E-state index in [9.17, 15) is 14.4 Å². The highest BCUT2D eigenvalue weighted by atomic mass is 16.2. The molecule has 1 aromatic heterocycles. The zero-order chi connectivity index (χ0) is 19.0. The van der Waals surface area contributed by atoms with Crippen LogP contribution in [0.1, 0.15) is 43.0 Å². The molecule has 1 amide bonds. The fourth-order valence-electron chi connectivity index (χ4n) is 3.85. The summed E-state index contributed by atoms with van der Waals surface area (Å²) < 4.78 is 1.43. The highest BCUT2D eigenvalue weighted by Gasteiger charge is 2.26. The summed E-state index contributed by atoms with van der Waals surface area (Å²) in [5.41, 5.74) is 0.486. The maximum atomic E-state index is 12.9. The number of fused-ring (bicyclic) bond motifs is 1. The van der Waals surface area contributed by atoms with Crippen LogP contribution in [0.5, 0.6) is 0 Å². The molecular formula is C20H26N4O3. The van der Waals surface area contributed by atoms with E-state index < -0.39 is 11.1 Å². The van der Waals surface area contributed by atoms with Gasteiger partial charge in [-0.3, -0.25) is 14.4 Å². The summed E-state index contributed by atoms with van der Waals surface area (Å²) in [5.74, 6) is 0.845. The number of nitrogens with zero attached hydrogens (tertiary/aromatic N) is 2. The summed E-state index contributed by atoms with van der Waals surface area (Å²) in [7, 11) is 0. The van der Waals surface area contributed by atoms with E-state index in [-0.39, 0.29) is 5.91 Å². The third-order valence-corrected chi connectivity index (χ3v) is 5.71. The van der Waals surface area contributed by atoms with Crippen LogP contribution in [0, 0.1) is 5.92 Å². The highest BCUT2D eigenvalue weighted by molar-refractivity contribution is 5.97. The first kappa shape index (κ1) is 18.0. The summed E-state index contributed by atoms with van der Waals surface area (Å²) in [6.07, 6.45) is 4.64. The van der Waals surface area contributed by atoms with Crippen molar-refractivity contribution in [2.75, 3.05) is 19.6 Å². The normalized spacial score (nSPS) is 18.2. The molecule has 7 nitrogen and oxygen atoms in total. The van der Waals surface area contributed by atoms with Crippen LogP contribution in [0.4, 0.5) is 0 Å². The van der Waals surface area contributed by atoms with Crippen LogP contribution in [-0.2, 0) is 6.54 Å². The second-order valence-corrected chi connectivity index (χ2v) is 7.65. The van der Waals surface area contributed by atoms with Gasteiger partial charge in [-0.1, -0.05) is 0 Å². The van der Waals surface area contributed by atoms with E-state index in [1.54, 1.807) is 18.2 Å². The Labute approximate surface area is 157 Å². The summed E-state index contributed by atoms with van der Waals surface area (Å²) in [4.78, 5) is 41.2. The van der Waals surface area contributed by atoms with Crippen LogP contribution in [0.2, 0.25) is 0 Å². The van der Waals surface area contributed by atoms with Gasteiger partial charge in [0.05, 0.1) is 11.0 Å². The Kier molecular flexibility index (Phi) is 4.86. The van der Waals surface area contributed by atoms with Gasteiger partial charge < -0.3 is 19.8 Å². The van der Waals surface area contributed by atoms with Crippen LogP contribution in [0.3, 0.4) is 0 Å². The van der Waals surface area contributed by atoms with Gasteiger partial charge in [-0.15, -0.1) is 0 Å². The Morgan fingerprint density at radius 1 is 1.19 bits per heavy atom. The lowest BCUT2D eigenvalue weighted by Gasteiger charge is -2.32. The van der Waals surface area contributed by atoms with Crippen LogP contribution in [0.25, 0.3) is 11.0 Å². The number of aromatic amines is 1. The van der Waals surface area contributed by atoms with Crippen molar-refractivity contribution in [2.45, 2.75) is 45.2 Å². The largest absolute Gasteiger partial charge is 0.339 e. The molecule has 2 aliphatic rings. The lowest BCUT2D eigenvalue weighted by atomic mass is 10.0. The van der Waals surface area contributed by atoms with Gasteiger partial charge >= 0.3 is 11.1 Å². The number of rotatable bonds is 5. The van der Waals surface area contributed by atoms with E-state index in [0.717, 1.165) is 38.4 Å². The first-order valence-electron chi connectivity index (χ1n) is 9.86. The van der Waals surface area contributed by atoms with Crippen molar-refractivity contribution in [3.8, 4) is 0 Å². The maximum Gasteiger partial charge on any atom is 0.316 e. The predicted octanol–water partition coefficient (Wildman–Crippen LogP) is 1.31. The van der Waals surface area contributed by atoms with Gasteiger partial charge in [0.1, 0.15) is 0 Å². The van der Waals surface area contributed by atoms with Crippen molar-refractivity contribution >= 4 is 16.9 Å². The molecule has 0 atom stereocenters. The molecule has 1 saturated carbocycles. The molecule has 0 spiro atoms. The number of hydrogen-bond donors (Lipinski definition) is 2. The fraction of sp³-hybridized carbons (Fsp3) is 0.550. The van der Waals surface area contributed by atoms with Gasteiger partial charge in [0.15, 0.2) is 0 Å². The number of likely N-dealkylation sites (tertiary alicyclic amines) is 1. The Bertz CT molecular complexity index is 965. The lowest BCUT2D eigenvalue weighted by molar-refractivity contribution is 0.0705. The second kappa shape index (κ2) is 7.31. The Morgan fingerprint density at radius 2 is 1.93 bits per heavy atom. The van der Waals surface area contributed by atoms with Gasteiger partial charge in [0.25, 0.3) is 5.91 Å². The van der Waals surface area contributed by atoms with E-state index in [2.05, 4.69) is 10.3 Å². The minimum Gasteiger partial charge on any atom is -0.339 e. The number of nitrogens with one attached hydrogen (secondary N) is 2. The fourth-order valence-corrected chi connectivity index (χ4v) is 3.85. The average Bonchev–Trinajstić information content (AvgIpc) is 3.51. The van der Waals surface area contributed by atoms with Crippen molar-refractivity contribution in [1.29, 1.82) is 0 Å². The summed E-state index contributed by atoms with van der Waals surface area (Å²) in [6.45, 7) is 4.82. The van der Waals surface area contributed by atoms with E-state index in [4.69, 9.17) is 0 Å². The van der Waals surface area contributed by atoms with E-state index in [1.165, 1.54) is 17.4 Å². The van der Waals surface area contributed by atoms with Gasteiger partial charge in [-0.05, 0) is 63.3 Å². The first-order valence-corrected chi connectivity index (χ1v) is 9.86. The molecule has 1 aliphatic heterocycles. The van der Waals surface area contributed by atoms with Crippen molar-refractivity contribution in [3.63, 3.8) is 0 Å². The van der Waals surface area contributed by atoms with Crippen LogP contribution < -0.4 is 16.4 Å². The number of carbonyl (C=O) groups excluding carboxylic acids is 1. The van der Waals surface area contributed by atoms with Crippen molar-refractivity contribution in [2.24, 2.45) is 5.92 Å². The molecule has 1 saturated heterocycles. The van der Waals surface area contributed by atoms with Gasteiger partial charge in [0, 0.05) is 31.2 Å². The van der Waals surface area contributed by atoms with Crippen molar-refractivity contribution < 1.29 is 4.79 Å². The molecule has 0 bridgehead atoms. The molecule has 1 aromatic carbocycles. The van der Waals surface area contributed by atoms with Crippen molar-refractivity contribution in [3.05, 3.63) is 44.5 Å². The van der Waals surface area contributed by atoms with Gasteiger partial charge in [-0.25, -0.2) is 0 Å². The van der Waals surface area contributed by atoms with Crippen LogP contribution >= 0.6 is 0 Å². The predicted molar refractivity (Wildman–Crippen MR) is 104 cm³/mol. The molecule has 2 N–H and O–H groups in total. The number of carbonyl (C=O) groups is 1. The summed E-state index contributed by atoms with van der Waals surface area (Å²) in [6, 6.07) is 5.67. The number of aryl methyl sites for hydroxylation is 1. The van der Waals surface area contributed by atoms with Gasteiger partial charge in [-0.2, -0.15) is 0 Å². The zero-order valence-electron chi connectivity index (χ0n) is 15.7. The lowest BCUT2D eigenvalue weighted by Crippen LogP contribution is -2.45. The first-order chi connectivity index (χ1) is 13.1. The number of benzene rings is 1. The van der Waals surface area contributed by atoms with Crippen molar-refractivity contribution in [1.82, 2.24) is 19.8 Å². The Hall–Kier alpha value is -2.41. The van der Waals surface area contributed by atoms with E-state index >= 15 is 0 Å². The zero-order valence-corrected chi connectivity index (χ0v) is 15.7. The summed E-state index contributed by atoms with van der Waals surface area (Å²) in [5, 5.41) is 3.62. The monoisotopic (exact) mass is 370 g/mol. The average molecular weight is 370 g/mol. The quantitative estimate of drug-likeness (QED) is 0.777. The Balaban J connectivity index is 1.49. The third-order valence-electron chi connectivity index (χ3n) is 5.71. The molecule has 2 heterocycles. The molecule has 4 rings (SSSR count). The maximum absolute atomic E-state index is 12.9. The smallest absolute Gasteiger partial charge is 0.316 e. The topological polar surface area (TPSA) is 87.2 Å². The second-order valence-electron chi connectivity index (χ2n) is 7.65. The third kappa shape index (κ3) is 3.69. The molecule has 0 unspecified atom stereocenters. The van der Waals surface area contributed by atoms with Crippen LogP contribution in [0.15, 0.2) is 27.8 Å². The highest BCUT2D eigenvalue weighted by Crippen LogP contribution is 2.28. The standard InChI is InChI=1S/C20H26N4O3/c1-2-24-17-6-5-14(11-16(17)22-18(25)20(24)27)19(26)23-9-7-15(8-10-23)21-12-13-3-4-13/h5-6,11,13,15,21H,2-4,7-10,12H2,1H3,(H,22,25). The minimum atomic E-state index is -0.656. The number of H-pyrrole nitrogens is 1. The van der Waals surface area contributed by atoms with E-state index in [1.807, 2.05) is 11.8 Å². The number of amides is 1. The summed E-state index contributed by atoms with van der Waals surface area (Å²) >= 11 is 0. The molecule has 2 aromatic rings. The minimum absolute atomic E-state index is 0.0207. The number of piperidine rings is 1. The SMILES string of the molecule is CCn1c(=O)c(=O)[nH]c2cc(C(=O)N3CCC(NCC4CC4)CC3)ccc21. The van der Waals surface area contributed by atoms with Gasteiger partial charge in [0.2, 0.25) is 0 Å². The molecule has 7 heteroatoms. The molecular weight excluding hydrogens is 344 g/mol. The molecule has 1 aliphatic carbocycles. The number of hydrogen-bond acceptors (Lipinski definition) is 4.